The van der Waals surface area contributed by atoms with Gasteiger partial charge in [-0.05, 0) is 6.26 Å². The minimum atomic E-state index is 0.171. The Kier molecular flexibility index (Phi) is 2.28. The van der Waals surface area contributed by atoms with Crippen molar-refractivity contribution < 1.29 is 4.79 Å². The minimum absolute atomic E-state index is 0.171. The standard InChI is InChI=1S/C3H6OS/c1-3(4)5-2/h1-2H3/i5-29. The van der Waals surface area contributed by atoms with Gasteiger partial charge in [0.2, 0.25) is 0 Å². The molecular formula is C3H6OS. The summed E-state index contributed by atoms with van der Waals surface area (Å²) in [5, 5.41) is 0.171. The van der Waals surface area contributed by atoms with Crippen molar-refractivity contribution in [3.8, 4) is 0 Å². The molecule has 0 heterocycles. The quantitative estimate of drug-likeness (QED) is 0.414. The second kappa shape index (κ2) is 2.27. The van der Waals surface area contributed by atoms with Gasteiger partial charge in [0.1, 0.15) is 0 Å². The van der Waals surface area contributed by atoms with Crippen molar-refractivity contribution in [2.75, 3.05) is 6.26 Å². The molecule has 0 amide bonds. The molecule has 0 saturated carbocycles. The molecule has 0 aliphatic heterocycles. The van der Waals surface area contributed by atoms with Crippen LogP contribution in [0.3, 0.4) is 0 Å². The zero-order valence-electron chi connectivity index (χ0n) is 3.32. The van der Waals surface area contributed by atoms with E-state index in [-0.39, 0.29) is 5.12 Å². The molecule has 0 aliphatic carbocycles. The second-order valence-corrected chi connectivity index (χ2v) is 1.68. The predicted octanol–water partition coefficient (Wildman–Crippen LogP) is 0.896. The van der Waals surface area contributed by atoms with E-state index >= 15 is 0 Å². The van der Waals surface area contributed by atoms with E-state index in [2.05, 4.69) is 0 Å². The molecule has 0 atom stereocenters. The first-order valence-corrected chi connectivity index (χ1v) is 2.54. The molecule has 30 valence electrons. The summed E-state index contributed by atoms with van der Waals surface area (Å²) in [5.74, 6) is 0. The van der Waals surface area contributed by atoms with E-state index in [4.69, 9.17) is 0 Å². The van der Waals surface area contributed by atoms with E-state index < -0.39 is 0 Å². The average molecular weight is 61.1 g/mol. The van der Waals surface area contributed by atoms with Crippen molar-refractivity contribution >= 4 is 16.9 Å². The van der Waals surface area contributed by atoms with Gasteiger partial charge < -0.3 is 0 Å². The van der Waals surface area contributed by atoms with Crippen molar-refractivity contribution in [3.63, 3.8) is 0 Å². The maximum Gasteiger partial charge on any atom is 0.185 e. The molecule has 0 saturated heterocycles. The summed E-state index contributed by atoms with van der Waals surface area (Å²) in [5.41, 5.74) is 0. The topological polar surface area (TPSA) is 17.1 Å². The molecule has 0 aromatic carbocycles. The molecular weight excluding hydrogens is 55.0 g/mol. The smallest absolute Gasteiger partial charge is 0.185 e. The molecule has 0 aromatic heterocycles. The number of hydrogen-bond donors (Lipinski definition) is 0. The highest BCUT2D eigenvalue weighted by molar-refractivity contribution is 8.12. The molecule has 5 heavy (non-hydrogen) atoms. The van der Waals surface area contributed by atoms with Crippen molar-refractivity contribution in [2.24, 2.45) is 0 Å². The van der Waals surface area contributed by atoms with Crippen LogP contribution in [0.4, 0.5) is 0 Å². The first kappa shape index (κ1) is 5.02. The van der Waals surface area contributed by atoms with Gasteiger partial charge in [-0.15, -0.1) is 0 Å². The molecule has 0 rings (SSSR count). The third-order valence-electron chi connectivity index (χ3n) is 0.287. The Hall–Kier alpha value is 0.0200. The highest BCUT2D eigenvalue weighted by Crippen LogP contribution is 1.88. The summed E-state index contributed by atoms with van der Waals surface area (Å²) in [7, 11) is 0. The van der Waals surface area contributed by atoms with Gasteiger partial charge in [-0.25, -0.2) is 0 Å². The Balaban J connectivity index is 2.85. The first-order valence-electron chi connectivity index (χ1n) is 1.32. The predicted molar refractivity (Wildman–Crippen MR) is 24.2 cm³/mol. The van der Waals surface area contributed by atoms with Gasteiger partial charge in [-0.3, -0.25) is 4.79 Å². The van der Waals surface area contributed by atoms with Gasteiger partial charge in [-0.1, -0.05) is 11.8 Å². The van der Waals surface area contributed by atoms with Crippen LogP contribution in [-0.2, 0) is 4.79 Å². The van der Waals surface area contributed by atoms with Gasteiger partial charge in [0.25, 0.3) is 0 Å². The first-order chi connectivity index (χ1) is 2.27. The summed E-state index contributed by atoms with van der Waals surface area (Å²) in [6.45, 7) is 1.55. The largest absolute Gasteiger partial charge is 0.288 e. The zero-order chi connectivity index (χ0) is 4.28. The Morgan fingerprint density at radius 3 is 2.00 bits per heavy atom. The highest BCUT2D eigenvalue weighted by atomic mass is 16.1. The number of carbonyl (C=O) groups excluding carboxylic acids is 1. The summed E-state index contributed by atoms with van der Waals surface area (Å²) >= 11 is 1.24. The van der Waals surface area contributed by atoms with Gasteiger partial charge >= 0.3 is 0 Å². The van der Waals surface area contributed by atoms with Gasteiger partial charge in [0.15, 0.2) is 5.12 Å². The van der Waals surface area contributed by atoms with Crippen LogP contribution >= 0.6 is 11.8 Å². The monoisotopic (exact) mass is 61.0 g/mol. The number of hydrogen-bond acceptors (Lipinski definition) is 2. The number of thioether (sulfide) groups is 1. The number of carbonyl (C=O) groups is 1. The van der Waals surface area contributed by atoms with E-state index in [1.165, 1.54) is 11.8 Å². The van der Waals surface area contributed by atoms with E-state index in [0.29, 0.717) is 0 Å². The Bertz CT molecular complexity index is 42.2. The molecule has 0 aliphatic rings. The second-order valence-electron chi connectivity index (χ2n) is 0.696. The van der Waals surface area contributed by atoms with Crippen molar-refractivity contribution in [1.82, 2.24) is 0 Å². The third-order valence-corrected chi connectivity index (χ3v) is 0.862. The Labute approximate surface area is 35.8 Å². The highest BCUT2D eigenvalue weighted by Gasteiger charge is 1.77. The van der Waals surface area contributed by atoms with Crippen molar-refractivity contribution in [1.29, 1.82) is 0 Å². The molecule has 0 bridgehead atoms. The normalized spacial score (nSPS) is 7.60. The van der Waals surface area contributed by atoms with Crippen LogP contribution in [0.25, 0.3) is 0 Å². The number of rotatable bonds is 0. The van der Waals surface area contributed by atoms with Crippen molar-refractivity contribution in [3.05, 3.63) is 0 Å². The lowest BCUT2D eigenvalue weighted by Crippen LogP contribution is -1.72. The summed E-state index contributed by atoms with van der Waals surface area (Å²) in [6, 6.07) is 0. The molecule has 2 heteroatoms. The van der Waals surface area contributed by atoms with Crippen molar-refractivity contribution in [2.45, 2.75) is 6.92 Å². The Morgan fingerprint density at radius 2 is 2.00 bits per heavy atom. The fraction of sp³-hybridized carbons (Fsp3) is 0.667. The molecule has 0 radical (unpaired) electrons. The maximum atomic E-state index is 9.78. The summed E-state index contributed by atoms with van der Waals surface area (Å²) in [6.07, 6.45) is 1.77. The SMILES string of the molecule is C[3S]C(C)=O. The fourth-order valence-corrected chi connectivity index (χ4v) is 0. The lowest BCUT2D eigenvalue weighted by molar-refractivity contribution is -0.109. The zero-order valence-corrected chi connectivity index (χ0v) is 4.13. The van der Waals surface area contributed by atoms with E-state index in [1.54, 1.807) is 13.2 Å². The third kappa shape index (κ3) is 4.02. The van der Waals surface area contributed by atoms with Gasteiger partial charge in [0, 0.05) is 6.92 Å². The summed E-state index contributed by atoms with van der Waals surface area (Å²) in [4.78, 5) is 9.78. The van der Waals surface area contributed by atoms with Crippen LogP contribution in [0, 0.1) is 0 Å². The van der Waals surface area contributed by atoms with Gasteiger partial charge in [-0.2, -0.15) is 0 Å². The molecule has 0 fully saturated rings. The van der Waals surface area contributed by atoms with E-state index in [9.17, 15) is 4.79 Å². The molecule has 1 nitrogen and oxygen atoms in total. The van der Waals surface area contributed by atoms with Crippen LogP contribution < -0.4 is 0 Å². The molecule has 0 N–H and O–H groups in total. The van der Waals surface area contributed by atoms with Crippen LogP contribution in [0.1, 0.15) is 6.92 Å². The lowest BCUT2D eigenvalue weighted by Gasteiger charge is -1.71. The maximum absolute atomic E-state index is 9.78. The lowest BCUT2D eigenvalue weighted by atomic mass is 2.78. The average Bonchev–Trinajstić information content (AvgIpc) is 1.38. The van der Waals surface area contributed by atoms with Crippen LogP contribution in [0.5, 0.6) is 0 Å². The molecule has 0 unspecified atom stereocenters. The fourth-order valence-electron chi connectivity index (χ4n) is 0. The van der Waals surface area contributed by atoms with E-state index in [0.717, 1.165) is 0 Å². The molecule has 0 spiro atoms. The van der Waals surface area contributed by atoms with Gasteiger partial charge in [0.05, 0.1) is 0 Å². The van der Waals surface area contributed by atoms with Crippen LogP contribution in [0.15, 0.2) is 0 Å². The van der Waals surface area contributed by atoms with Crippen LogP contribution in [-0.4, -0.2) is 11.4 Å². The minimum Gasteiger partial charge on any atom is -0.288 e. The summed E-state index contributed by atoms with van der Waals surface area (Å²) < 4.78 is 0. The Morgan fingerprint density at radius 1 is 1.80 bits per heavy atom. The van der Waals surface area contributed by atoms with E-state index in [1.807, 2.05) is 0 Å². The molecule has 0 aromatic rings. The van der Waals surface area contributed by atoms with Crippen LogP contribution in [0.2, 0.25) is 0 Å².